The van der Waals surface area contributed by atoms with Crippen LogP contribution in [0.25, 0.3) is 0 Å². The molecule has 2 fully saturated rings. The molecule has 0 aromatic rings. The van der Waals surface area contributed by atoms with Gasteiger partial charge in [0.2, 0.25) is 0 Å². The molecule has 0 N–H and O–H groups in total. The Hall–Kier alpha value is -0.0400. The average Bonchev–Trinajstić information content (AvgIpc) is 2.32. The monoisotopic (exact) mass is 153 g/mol. The molecular formula is C10H19N. The summed E-state index contributed by atoms with van der Waals surface area (Å²) in [6.07, 6.45) is 8.74. The van der Waals surface area contributed by atoms with E-state index in [4.69, 9.17) is 0 Å². The Morgan fingerprint density at radius 3 is 2.55 bits per heavy atom. The van der Waals surface area contributed by atoms with Crippen LogP contribution in [0.3, 0.4) is 0 Å². The van der Waals surface area contributed by atoms with E-state index < -0.39 is 0 Å². The Morgan fingerprint density at radius 1 is 1.18 bits per heavy atom. The summed E-state index contributed by atoms with van der Waals surface area (Å²) in [4.78, 5) is 2.77. The summed E-state index contributed by atoms with van der Waals surface area (Å²) in [6.45, 7) is 3.73. The lowest BCUT2D eigenvalue weighted by Gasteiger charge is -2.38. The van der Waals surface area contributed by atoms with Crippen LogP contribution >= 0.6 is 0 Å². The molecule has 0 aromatic heterocycles. The van der Waals surface area contributed by atoms with Crippen LogP contribution in [-0.4, -0.2) is 23.5 Å². The summed E-state index contributed by atoms with van der Waals surface area (Å²) in [5, 5.41) is 0. The molecule has 1 saturated heterocycles. The summed E-state index contributed by atoms with van der Waals surface area (Å²) >= 11 is 0. The molecular weight excluding hydrogens is 134 g/mol. The van der Waals surface area contributed by atoms with Crippen molar-refractivity contribution in [2.24, 2.45) is 0 Å². The lowest BCUT2D eigenvalue weighted by atomic mass is 9.91. The van der Waals surface area contributed by atoms with E-state index in [-0.39, 0.29) is 0 Å². The summed E-state index contributed by atoms with van der Waals surface area (Å²) in [5.74, 6) is 0. The van der Waals surface area contributed by atoms with Crippen LogP contribution < -0.4 is 0 Å². The van der Waals surface area contributed by atoms with E-state index in [2.05, 4.69) is 11.8 Å². The third-order valence-corrected chi connectivity index (χ3v) is 3.44. The molecule has 1 atom stereocenters. The zero-order valence-electron chi connectivity index (χ0n) is 7.55. The minimum Gasteiger partial charge on any atom is -0.297 e. The van der Waals surface area contributed by atoms with Gasteiger partial charge in [-0.1, -0.05) is 13.3 Å². The van der Waals surface area contributed by atoms with Gasteiger partial charge in [-0.25, -0.2) is 0 Å². The van der Waals surface area contributed by atoms with Crippen LogP contribution in [-0.2, 0) is 0 Å². The molecule has 1 aliphatic carbocycles. The SMILES string of the molecule is CCC1CCCN1C1CCC1. The van der Waals surface area contributed by atoms with E-state index in [1.165, 1.54) is 45.1 Å². The number of hydrogen-bond acceptors (Lipinski definition) is 1. The molecule has 0 bridgehead atoms. The van der Waals surface area contributed by atoms with Gasteiger partial charge in [-0.05, 0) is 38.6 Å². The minimum atomic E-state index is 0.945. The highest BCUT2D eigenvalue weighted by atomic mass is 15.2. The number of hydrogen-bond donors (Lipinski definition) is 0. The third kappa shape index (κ3) is 1.31. The van der Waals surface area contributed by atoms with Crippen molar-refractivity contribution in [3.63, 3.8) is 0 Å². The number of nitrogens with zero attached hydrogens (tertiary/aromatic N) is 1. The lowest BCUT2D eigenvalue weighted by Crippen LogP contribution is -2.42. The van der Waals surface area contributed by atoms with Crippen LogP contribution in [0.4, 0.5) is 0 Å². The van der Waals surface area contributed by atoms with E-state index >= 15 is 0 Å². The highest BCUT2D eigenvalue weighted by molar-refractivity contribution is 4.88. The molecule has 0 amide bonds. The van der Waals surface area contributed by atoms with E-state index in [9.17, 15) is 0 Å². The Morgan fingerprint density at radius 2 is 2.00 bits per heavy atom. The second-order valence-electron chi connectivity index (χ2n) is 4.03. The van der Waals surface area contributed by atoms with E-state index in [0.29, 0.717) is 0 Å². The predicted molar refractivity (Wildman–Crippen MR) is 47.7 cm³/mol. The van der Waals surface area contributed by atoms with Crippen molar-refractivity contribution < 1.29 is 0 Å². The van der Waals surface area contributed by atoms with Crippen LogP contribution in [0.2, 0.25) is 0 Å². The van der Waals surface area contributed by atoms with Crippen molar-refractivity contribution in [1.29, 1.82) is 0 Å². The van der Waals surface area contributed by atoms with Crippen molar-refractivity contribution in [1.82, 2.24) is 4.90 Å². The van der Waals surface area contributed by atoms with Gasteiger partial charge in [-0.2, -0.15) is 0 Å². The molecule has 1 aliphatic heterocycles. The van der Waals surface area contributed by atoms with Crippen LogP contribution in [0.5, 0.6) is 0 Å². The topological polar surface area (TPSA) is 3.24 Å². The summed E-state index contributed by atoms with van der Waals surface area (Å²) in [5.41, 5.74) is 0. The predicted octanol–water partition coefficient (Wildman–Crippen LogP) is 2.41. The third-order valence-electron chi connectivity index (χ3n) is 3.44. The maximum atomic E-state index is 2.77. The fourth-order valence-electron chi connectivity index (χ4n) is 2.50. The van der Waals surface area contributed by atoms with Gasteiger partial charge in [0.25, 0.3) is 0 Å². The summed E-state index contributed by atoms with van der Waals surface area (Å²) in [6, 6.07) is 1.93. The maximum Gasteiger partial charge on any atom is 0.00982 e. The molecule has 2 aliphatic rings. The Balaban J connectivity index is 1.89. The van der Waals surface area contributed by atoms with Gasteiger partial charge < -0.3 is 0 Å². The molecule has 0 aromatic carbocycles. The first kappa shape index (κ1) is 7.60. The van der Waals surface area contributed by atoms with E-state index in [1.807, 2.05) is 0 Å². The van der Waals surface area contributed by atoms with Crippen LogP contribution in [0, 0.1) is 0 Å². The standard InChI is InChI=1S/C10H19N/c1-2-9-7-4-8-11(9)10-5-3-6-10/h9-10H,2-8H2,1H3. The van der Waals surface area contributed by atoms with Gasteiger partial charge >= 0.3 is 0 Å². The fourth-order valence-corrected chi connectivity index (χ4v) is 2.50. The Kier molecular flexibility index (Phi) is 2.17. The summed E-state index contributed by atoms with van der Waals surface area (Å²) in [7, 11) is 0. The Bertz CT molecular complexity index is 129. The average molecular weight is 153 g/mol. The van der Waals surface area contributed by atoms with E-state index in [1.54, 1.807) is 0 Å². The van der Waals surface area contributed by atoms with Gasteiger partial charge in [-0.15, -0.1) is 0 Å². The first-order valence-electron chi connectivity index (χ1n) is 5.17. The smallest absolute Gasteiger partial charge is 0.00982 e. The molecule has 1 heteroatoms. The Labute approximate surface area is 69.8 Å². The fraction of sp³-hybridized carbons (Fsp3) is 1.00. The highest BCUT2D eigenvalue weighted by Gasteiger charge is 2.32. The number of rotatable bonds is 2. The molecule has 64 valence electrons. The largest absolute Gasteiger partial charge is 0.297 e. The highest BCUT2D eigenvalue weighted by Crippen LogP contribution is 2.32. The van der Waals surface area contributed by atoms with Crippen molar-refractivity contribution in [2.75, 3.05) is 6.54 Å². The molecule has 1 heterocycles. The second-order valence-corrected chi connectivity index (χ2v) is 4.03. The maximum absolute atomic E-state index is 2.77. The molecule has 2 rings (SSSR count). The van der Waals surface area contributed by atoms with E-state index in [0.717, 1.165) is 12.1 Å². The second kappa shape index (κ2) is 3.14. The molecule has 1 unspecified atom stereocenters. The van der Waals surface area contributed by atoms with Gasteiger partial charge in [0.15, 0.2) is 0 Å². The van der Waals surface area contributed by atoms with Crippen molar-refractivity contribution in [3.05, 3.63) is 0 Å². The lowest BCUT2D eigenvalue weighted by molar-refractivity contribution is 0.112. The van der Waals surface area contributed by atoms with Gasteiger partial charge in [0.05, 0.1) is 0 Å². The van der Waals surface area contributed by atoms with Crippen molar-refractivity contribution >= 4 is 0 Å². The molecule has 0 radical (unpaired) electrons. The molecule has 1 saturated carbocycles. The van der Waals surface area contributed by atoms with Gasteiger partial charge in [-0.3, -0.25) is 4.90 Å². The first-order valence-corrected chi connectivity index (χ1v) is 5.17. The van der Waals surface area contributed by atoms with Crippen LogP contribution in [0.15, 0.2) is 0 Å². The zero-order valence-corrected chi connectivity index (χ0v) is 7.55. The van der Waals surface area contributed by atoms with Crippen molar-refractivity contribution in [3.8, 4) is 0 Å². The van der Waals surface area contributed by atoms with Crippen molar-refractivity contribution in [2.45, 2.75) is 57.5 Å². The zero-order chi connectivity index (χ0) is 7.68. The minimum absolute atomic E-state index is 0.945. The quantitative estimate of drug-likeness (QED) is 0.589. The van der Waals surface area contributed by atoms with Gasteiger partial charge in [0.1, 0.15) is 0 Å². The molecule has 1 nitrogen and oxygen atoms in total. The number of likely N-dealkylation sites (tertiary alicyclic amines) is 1. The molecule has 0 spiro atoms. The van der Waals surface area contributed by atoms with Crippen LogP contribution in [0.1, 0.15) is 45.4 Å². The normalized spacial score (nSPS) is 34.1. The van der Waals surface area contributed by atoms with Gasteiger partial charge in [0, 0.05) is 12.1 Å². The first-order chi connectivity index (χ1) is 5.42. The molecule has 11 heavy (non-hydrogen) atoms. The summed E-state index contributed by atoms with van der Waals surface area (Å²) < 4.78 is 0.